The number of aromatic hydroxyl groups is 2. The van der Waals surface area contributed by atoms with Gasteiger partial charge in [0.1, 0.15) is 11.5 Å². The number of carbonyl (C=O) groups excluding carboxylic acids is 1. The first-order valence-electron chi connectivity index (χ1n) is 9.85. The number of hydrogen-bond donors (Lipinski definition) is 3. The van der Waals surface area contributed by atoms with Crippen molar-refractivity contribution in [2.75, 3.05) is 0 Å². The lowest BCUT2D eigenvalue weighted by Crippen LogP contribution is -2.31. The number of allylic oxidation sites excluding steroid dienone is 3. The van der Waals surface area contributed by atoms with Gasteiger partial charge in [0, 0.05) is 12.0 Å². The minimum absolute atomic E-state index is 0.0605. The number of phenols is 2. The van der Waals surface area contributed by atoms with Crippen LogP contribution in [0.4, 0.5) is 0 Å². The van der Waals surface area contributed by atoms with Crippen molar-refractivity contribution in [3.63, 3.8) is 0 Å². The van der Waals surface area contributed by atoms with E-state index >= 15 is 0 Å². The SMILES string of the molecule is C/C(=C\Cc1c(O)c(Cl)c(C)c(C=O)c1O)CC/C=C(\C)[C@@H]1C[C@H](O)C(C)(C)O1. The highest BCUT2D eigenvalue weighted by Crippen LogP contribution is 2.40. The van der Waals surface area contributed by atoms with Gasteiger partial charge in [0.15, 0.2) is 6.29 Å². The van der Waals surface area contributed by atoms with E-state index in [2.05, 4.69) is 6.08 Å². The standard InChI is InChI=1S/C23H31ClO5/c1-13(7-6-8-14(2)18-11-19(26)23(4,5)29-18)9-10-16-21(27)17(12-25)15(3)20(24)22(16)28/h8-9,12,18-19,26-28H,6-7,10-11H2,1-5H3/b13-9+,14-8+/t18-,19-/m0/s1. The summed E-state index contributed by atoms with van der Waals surface area (Å²) in [5.74, 6) is -0.412. The smallest absolute Gasteiger partial charge is 0.154 e. The van der Waals surface area contributed by atoms with Gasteiger partial charge < -0.3 is 20.1 Å². The highest BCUT2D eigenvalue weighted by molar-refractivity contribution is 6.33. The Morgan fingerprint density at radius 3 is 2.45 bits per heavy atom. The summed E-state index contributed by atoms with van der Waals surface area (Å²) < 4.78 is 5.93. The number of benzene rings is 1. The first-order chi connectivity index (χ1) is 13.5. The van der Waals surface area contributed by atoms with E-state index in [1.165, 1.54) is 0 Å². The monoisotopic (exact) mass is 422 g/mol. The number of aliphatic hydroxyl groups is 1. The Kier molecular flexibility index (Phi) is 7.55. The maximum absolute atomic E-state index is 11.2. The molecular weight excluding hydrogens is 392 g/mol. The lowest BCUT2D eigenvalue weighted by Gasteiger charge is -2.22. The molecule has 2 rings (SSSR count). The van der Waals surface area contributed by atoms with Gasteiger partial charge in [-0.05, 0) is 65.0 Å². The summed E-state index contributed by atoms with van der Waals surface area (Å²) in [4.78, 5) is 11.2. The Bertz CT molecular complexity index is 838. The molecule has 1 aromatic rings. The average molecular weight is 423 g/mol. The summed E-state index contributed by atoms with van der Waals surface area (Å²) in [6.07, 6.45) is 6.57. The number of aldehydes is 1. The Morgan fingerprint density at radius 1 is 1.24 bits per heavy atom. The van der Waals surface area contributed by atoms with Crippen LogP contribution in [0, 0.1) is 6.92 Å². The van der Waals surface area contributed by atoms with Crippen LogP contribution in [-0.4, -0.2) is 39.4 Å². The number of aliphatic hydroxyl groups excluding tert-OH is 1. The summed E-state index contributed by atoms with van der Waals surface area (Å²) in [7, 11) is 0. The summed E-state index contributed by atoms with van der Waals surface area (Å²) in [6, 6.07) is 0. The molecule has 0 bridgehead atoms. The summed E-state index contributed by atoms with van der Waals surface area (Å²) >= 11 is 6.09. The lowest BCUT2D eigenvalue weighted by atomic mass is 9.98. The van der Waals surface area contributed by atoms with Crippen molar-refractivity contribution in [3.8, 4) is 11.5 Å². The van der Waals surface area contributed by atoms with Gasteiger partial charge in [-0.15, -0.1) is 0 Å². The van der Waals surface area contributed by atoms with Crippen LogP contribution in [0.5, 0.6) is 11.5 Å². The zero-order valence-electron chi connectivity index (χ0n) is 17.8. The fraction of sp³-hybridized carbons (Fsp3) is 0.522. The van der Waals surface area contributed by atoms with E-state index in [9.17, 15) is 20.1 Å². The predicted octanol–water partition coefficient (Wildman–Crippen LogP) is 5.02. The molecule has 1 heterocycles. The molecule has 6 heteroatoms. The third-order valence-electron chi connectivity index (χ3n) is 5.74. The van der Waals surface area contributed by atoms with Crippen LogP contribution in [0.1, 0.15) is 68.4 Å². The van der Waals surface area contributed by atoms with Gasteiger partial charge in [-0.25, -0.2) is 0 Å². The van der Waals surface area contributed by atoms with Gasteiger partial charge in [-0.3, -0.25) is 4.79 Å². The van der Waals surface area contributed by atoms with E-state index in [0.29, 0.717) is 18.3 Å². The number of rotatable bonds is 7. The molecule has 5 nitrogen and oxygen atoms in total. The minimum Gasteiger partial charge on any atom is -0.507 e. The second kappa shape index (κ2) is 9.33. The minimum atomic E-state index is -0.519. The van der Waals surface area contributed by atoms with Crippen molar-refractivity contribution in [1.82, 2.24) is 0 Å². The van der Waals surface area contributed by atoms with Gasteiger partial charge in [0.2, 0.25) is 0 Å². The molecule has 29 heavy (non-hydrogen) atoms. The van der Waals surface area contributed by atoms with Gasteiger partial charge >= 0.3 is 0 Å². The topological polar surface area (TPSA) is 87.0 Å². The summed E-state index contributed by atoms with van der Waals surface area (Å²) in [5.41, 5.74) is 2.40. The van der Waals surface area contributed by atoms with Crippen LogP contribution in [0.2, 0.25) is 5.02 Å². The summed E-state index contributed by atoms with van der Waals surface area (Å²) in [6.45, 7) is 9.38. The van der Waals surface area contributed by atoms with Crippen molar-refractivity contribution in [1.29, 1.82) is 0 Å². The molecule has 3 N–H and O–H groups in total. The fourth-order valence-corrected chi connectivity index (χ4v) is 3.73. The molecule has 0 unspecified atom stereocenters. The Balaban J connectivity index is 2.02. The Hall–Kier alpha value is -1.82. The average Bonchev–Trinajstić information content (AvgIpc) is 2.93. The van der Waals surface area contributed by atoms with E-state index in [1.54, 1.807) is 6.92 Å². The van der Waals surface area contributed by atoms with Crippen molar-refractivity contribution in [2.24, 2.45) is 0 Å². The molecule has 0 aliphatic carbocycles. The summed E-state index contributed by atoms with van der Waals surface area (Å²) in [5, 5.41) is 30.7. The second-order valence-electron chi connectivity index (χ2n) is 8.35. The first-order valence-corrected chi connectivity index (χ1v) is 10.2. The van der Waals surface area contributed by atoms with Crippen LogP contribution in [0.25, 0.3) is 0 Å². The van der Waals surface area contributed by atoms with Crippen LogP contribution in [0.15, 0.2) is 23.3 Å². The molecule has 1 aliphatic rings. The molecule has 0 amide bonds. The lowest BCUT2D eigenvalue weighted by molar-refractivity contribution is -0.0472. The van der Waals surface area contributed by atoms with Crippen LogP contribution < -0.4 is 0 Å². The number of phenolic OH excluding ortho intramolecular Hbond substituents is 2. The molecule has 1 aromatic carbocycles. The molecule has 160 valence electrons. The molecule has 0 saturated carbocycles. The number of hydrogen-bond acceptors (Lipinski definition) is 5. The van der Waals surface area contributed by atoms with Crippen molar-refractivity contribution < 1.29 is 24.9 Å². The molecule has 2 atom stereocenters. The van der Waals surface area contributed by atoms with E-state index in [4.69, 9.17) is 16.3 Å². The number of ether oxygens (including phenoxy) is 1. The number of halogens is 1. The second-order valence-corrected chi connectivity index (χ2v) is 8.73. The van der Waals surface area contributed by atoms with Crippen molar-refractivity contribution in [2.45, 2.75) is 78.1 Å². The van der Waals surface area contributed by atoms with E-state index in [1.807, 2.05) is 33.8 Å². The van der Waals surface area contributed by atoms with Crippen LogP contribution in [-0.2, 0) is 11.2 Å². The van der Waals surface area contributed by atoms with E-state index < -0.39 is 11.7 Å². The van der Waals surface area contributed by atoms with Crippen molar-refractivity contribution in [3.05, 3.63) is 45.0 Å². The molecule has 1 fully saturated rings. The third kappa shape index (κ3) is 5.21. The zero-order chi connectivity index (χ0) is 21.9. The molecule has 0 spiro atoms. The normalized spacial score (nSPS) is 22.2. The molecule has 0 aromatic heterocycles. The quantitative estimate of drug-likeness (QED) is 0.424. The van der Waals surface area contributed by atoms with E-state index in [0.717, 1.165) is 24.0 Å². The first kappa shape index (κ1) is 23.5. The van der Waals surface area contributed by atoms with Gasteiger partial charge in [-0.2, -0.15) is 0 Å². The van der Waals surface area contributed by atoms with E-state index in [-0.39, 0.29) is 40.2 Å². The molecule has 1 saturated heterocycles. The van der Waals surface area contributed by atoms with Crippen LogP contribution >= 0.6 is 11.6 Å². The van der Waals surface area contributed by atoms with Gasteiger partial charge in [0.05, 0.1) is 28.4 Å². The number of carbonyl (C=O) groups is 1. The Labute approximate surface area is 177 Å². The van der Waals surface area contributed by atoms with Gasteiger partial charge in [-0.1, -0.05) is 29.3 Å². The maximum atomic E-state index is 11.2. The molecule has 1 aliphatic heterocycles. The van der Waals surface area contributed by atoms with Crippen LogP contribution in [0.3, 0.4) is 0 Å². The largest absolute Gasteiger partial charge is 0.507 e. The predicted molar refractivity (Wildman–Crippen MR) is 115 cm³/mol. The highest BCUT2D eigenvalue weighted by atomic mass is 35.5. The van der Waals surface area contributed by atoms with Gasteiger partial charge in [0.25, 0.3) is 0 Å². The molecule has 0 radical (unpaired) electrons. The maximum Gasteiger partial charge on any atom is 0.154 e. The zero-order valence-corrected chi connectivity index (χ0v) is 18.5. The van der Waals surface area contributed by atoms with Crippen molar-refractivity contribution >= 4 is 17.9 Å². The highest BCUT2D eigenvalue weighted by Gasteiger charge is 2.40. The third-order valence-corrected chi connectivity index (χ3v) is 6.20. The molecular formula is C23H31ClO5. The Morgan fingerprint density at radius 2 is 1.90 bits per heavy atom. The fourth-order valence-electron chi connectivity index (χ4n) is 3.51.